The van der Waals surface area contributed by atoms with E-state index in [1.54, 1.807) is 19.4 Å². The molecule has 5 nitrogen and oxygen atoms in total. The van der Waals surface area contributed by atoms with Gasteiger partial charge in [0, 0.05) is 19.9 Å². The minimum atomic E-state index is -0.107. The first kappa shape index (κ1) is 14.6. The topological polar surface area (TPSA) is 69.3 Å². The van der Waals surface area contributed by atoms with Crippen molar-refractivity contribution in [3.63, 3.8) is 0 Å². The van der Waals surface area contributed by atoms with Gasteiger partial charge in [0.15, 0.2) is 0 Å². The predicted molar refractivity (Wildman–Crippen MR) is 72.5 cm³/mol. The van der Waals surface area contributed by atoms with E-state index in [2.05, 4.69) is 19.2 Å². The fraction of sp³-hybridized carbons (Fsp3) is 0.615. The Morgan fingerprint density at radius 2 is 2.22 bits per heavy atom. The molecule has 1 amide bonds. The van der Waals surface area contributed by atoms with E-state index in [1.165, 1.54) is 0 Å². The number of nitrogens with two attached hydrogens (primary N) is 1. The standard InChI is InChI=1S/C13H23N3O2/c1-5-16-7-10(14)6-12(16)13(17)15-11(8-18-4)9(2)3/h6-7,9,11H,5,8,14H2,1-4H3,(H,15,17). The number of carbonyl (C=O) groups excluding carboxylic acids is 1. The van der Waals surface area contributed by atoms with Gasteiger partial charge in [0.2, 0.25) is 0 Å². The zero-order chi connectivity index (χ0) is 13.7. The number of anilines is 1. The molecule has 102 valence electrons. The first-order valence-corrected chi connectivity index (χ1v) is 6.25. The van der Waals surface area contributed by atoms with Crippen molar-refractivity contribution in [2.75, 3.05) is 19.5 Å². The third-order valence-corrected chi connectivity index (χ3v) is 2.96. The van der Waals surface area contributed by atoms with Gasteiger partial charge in [-0.1, -0.05) is 13.8 Å². The van der Waals surface area contributed by atoms with Gasteiger partial charge >= 0.3 is 0 Å². The summed E-state index contributed by atoms with van der Waals surface area (Å²) in [7, 11) is 1.63. The first-order valence-electron chi connectivity index (χ1n) is 6.25. The minimum Gasteiger partial charge on any atom is -0.397 e. The maximum Gasteiger partial charge on any atom is 0.268 e. The number of methoxy groups -OCH3 is 1. The van der Waals surface area contributed by atoms with E-state index in [1.807, 2.05) is 11.5 Å². The molecule has 0 aliphatic rings. The molecular formula is C13H23N3O2. The van der Waals surface area contributed by atoms with E-state index in [9.17, 15) is 4.79 Å². The van der Waals surface area contributed by atoms with Crippen molar-refractivity contribution in [1.82, 2.24) is 9.88 Å². The Hall–Kier alpha value is -1.49. The van der Waals surface area contributed by atoms with Gasteiger partial charge < -0.3 is 20.4 Å². The van der Waals surface area contributed by atoms with Gasteiger partial charge in [-0.05, 0) is 18.9 Å². The monoisotopic (exact) mass is 253 g/mol. The number of nitrogens with zero attached hydrogens (tertiary/aromatic N) is 1. The number of nitrogen functional groups attached to an aromatic ring is 1. The van der Waals surface area contributed by atoms with Gasteiger partial charge in [0.1, 0.15) is 5.69 Å². The molecule has 18 heavy (non-hydrogen) atoms. The Labute approximate surface area is 108 Å². The summed E-state index contributed by atoms with van der Waals surface area (Å²) in [5, 5.41) is 2.98. The Balaban J connectivity index is 2.79. The quantitative estimate of drug-likeness (QED) is 0.807. The van der Waals surface area contributed by atoms with Crippen LogP contribution in [0, 0.1) is 5.92 Å². The molecule has 0 saturated heterocycles. The van der Waals surface area contributed by atoms with Gasteiger partial charge in [-0.2, -0.15) is 0 Å². The zero-order valence-corrected chi connectivity index (χ0v) is 11.6. The van der Waals surface area contributed by atoms with Crippen LogP contribution in [0.1, 0.15) is 31.3 Å². The average molecular weight is 253 g/mol. The number of hydrogen-bond acceptors (Lipinski definition) is 3. The number of aryl methyl sites for hydroxylation is 1. The first-order chi connectivity index (χ1) is 8.49. The zero-order valence-electron chi connectivity index (χ0n) is 11.6. The number of aromatic nitrogens is 1. The summed E-state index contributed by atoms with van der Waals surface area (Å²) in [5.41, 5.74) is 6.92. The maximum absolute atomic E-state index is 12.2. The molecule has 1 unspecified atom stereocenters. The van der Waals surface area contributed by atoms with Crippen molar-refractivity contribution in [3.8, 4) is 0 Å². The van der Waals surface area contributed by atoms with Crippen LogP contribution in [0.25, 0.3) is 0 Å². The van der Waals surface area contributed by atoms with Crippen LogP contribution in [0.3, 0.4) is 0 Å². The van der Waals surface area contributed by atoms with E-state index in [0.29, 0.717) is 23.9 Å². The van der Waals surface area contributed by atoms with Crippen LogP contribution in [0.15, 0.2) is 12.3 Å². The van der Waals surface area contributed by atoms with Crippen molar-refractivity contribution < 1.29 is 9.53 Å². The van der Waals surface area contributed by atoms with Crippen LogP contribution in [0.2, 0.25) is 0 Å². The summed E-state index contributed by atoms with van der Waals surface area (Å²) >= 11 is 0. The molecule has 0 radical (unpaired) electrons. The molecular weight excluding hydrogens is 230 g/mol. The molecule has 0 fully saturated rings. The van der Waals surface area contributed by atoms with Gasteiger partial charge in [-0.25, -0.2) is 0 Å². The molecule has 0 aliphatic heterocycles. The molecule has 0 bridgehead atoms. The van der Waals surface area contributed by atoms with Crippen LogP contribution in [0.4, 0.5) is 5.69 Å². The largest absolute Gasteiger partial charge is 0.397 e. The van der Waals surface area contributed by atoms with E-state index in [-0.39, 0.29) is 11.9 Å². The highest BCUT2D eigenvalue weighted by Crippen LogP contribution is 2.11. The SMILES string of the molecule is CCn1cc(N)cc1C(=O)NC(COC)C(C)C. The van der Waals surface area contributed by atoms with Crippen molar-refractivity contribution in [1.29, 1.82) is 0 Å². The van der Waals surface area contributed by atoms with Gasteiger partial charge in [-0.15, -0.1) is 0 Å². The van der Waals surface area contributed by atoms with Crippen LogP contribution in [-0.2, 0) is 11.3 Å². The highest BCUT2D eigenvalue weighted by atomic mass is 16.5. The Bertz CT molecular complexity index is 399. The molecule has 0 aromatic carbocycles. The summed E-state index contributed by atoms with van der Waals surface area (Å²) in [6.45, 7) is 7.31. The maximum atomic E-state index is 12.2. The molecule has 0 saturated carbocycles. The minimum absolute atomic E-state index is 0.00364. The predicted octanol–water partition coefficient (Wildman–Crippen LogP) is 1.49. The summed E-state index contributed by atoms with van der Waals surface area (Å²) in [4.78, 5) is 12.2. The molecule has 0 aliphatic carbocycles. The Morgan fingerprint density at radius 3 is 2.72 bits per heavy atom. The summed E-state index contributed by atoms with van der Waals surface area (Å²) in [5.74, 6) is 0.209. The summed E-state index contributed by atoms with van der Waals surface area (Å²) in [6, 6.07) is 1.70. The number of hydrogen-bond donors (Lipinski definition) is 2. The number of ether oxygens (including phenoxy) is 1. The molecule has 3 N–H and O–H groups in total. The molecule has 1 rings (SSSR count). The fourth-order valence-corrected chi connectivity index (χ4v) is 1.81. The van der Waals surface area contributed by atoms with Crippen LogP contribution >= 0.6 is 0 Å². The van der Waals surface area contributed by atoms with E-state index >= 15 is 0 Å². The lowest BCUT2D eigenvalue weighted by atomic mass is 10.1. The third kappa shape index (κ3) is 3.50. The number of amides is 1. The summed E-state index contributed by atoms with van der Waals surface area (Å²) in [6.07, 6.45) is 1.77. The lowest BCUT2D eigenvalue weighted by Gasteiger charge is -2.21. The Morgan fingerprint density at radius 1 is 1.56 bits per heavy atom. The fourth-order valence-electron chi connectivity index (χ4n) is 1.81. The van der Waals surface area contributed by atoms with Gasteiger partial charge in [0.05, 0.1) is 18.3 Å². The smallest absolute Gasteiger partial charge is 0.268 e. The lowest BCUT2D eigenvalue weighted by molar-refractivity contribution is 0.0857. The molecule has 0 spiro atoms. The number of rotatable bonds is 6. The van der Waals surface area contributed by atoms with E-state index in [0.717, 1.165) is 6.54 Å². The average Bonchev–Trinajstić information content (AvgIpc) is 2.69. The van der Waals surface area contributed by atoms with Crippen LogP contribution in [-0.4, -0.2) is 30.2 Å². The summed E-state index contributed by atoms with van der Waals surface area (Å²) < 4.78 is 6.96. The van der Waals surface area contributed by atoms with Gasteiger partial charge in [0.25, 0.3) is 5.91 Å². The number of nitrogens with one attached hydrogen (secondary N) is 1. The highest BCUT2D eigenvalue weighted by Gasteiger charge is 2.19. The van der Waals surface area contributed by atoms with Crippen LogP contribution < -0.4 is 11.1 Å². The number of carbonyl (C=O) groups is 1. The lowest BCUT2D eigenvalue weighted by Crippen LogP contribution is -2.42. The van der Waals surface area contributed by atoms with Crippen molar-refractivity contribution >= 4 is 11.6 Å². The molecule has 1 aromatic heterocycles. The van der Waals surface area contributed by atoms with Crippen molar-refractivity contribution in [2.45, 2.75) is 33.4 Å². The molecule has 1 heterocycles. The second kappa shape index (κ2) is 6.44. The Kier molecular flexibility index (Phi) is 5.22. The molecule has 1 atom stereocenters. The normalized spacial score (nSPS) is 12.7. The van der Waals surface area contributed by atoms with Gasteiger partial charge in [-0.3, -0.25) is 4.79 Å². The van der Waals surface area contributed by atoms with E-state index in [4.69, 9.17) is 10.5 Å². The second-order valence-corrected chi connectivity index (χ2v) is 4.72. The third-order valence-electron chi connectivity index (χ3n) is 2.96. The van der Waals surface area contributed by atoms with E-state index < -0.39 is 0 Å². The molecule has 5 heteroatoms. The highest BCUT2D eigenvalue weighted by molar-refractivity contribution is 5.94. The second-order valence-electron chi connectivity index (χ2n) is 4.72. The molecule has 1 aromatic rings. The van der Waals surface area contributed by atoms with Crippen molar-refractivity contribution in [2.24, 2.45) is 5.92 Å². The van der Waals surface area contributed by atoms with Crippen molar-refractivity contribution in [3.05, 3.63) is 18.0 Å². The van der Waals surface area contributed by atoms with Crippen LogP contribution in [0.5, 0.6) is 0 Å².